The van der Waals surface area contributed by atoms with E-state index in [-0.39, 0.29) is 0 Å². The Kier molecular flexibility index (Phi) is 7.38. The Morgan fingerprint density at radius 2 is 1.69 bits per heavy atom. The van der Waals surface area contributed by atoms with E-state index in [9.17, 15) is 0 Å². The van der Waals surface area contributed by atoms with E-state index in [2.05, 4.69) is 90.2 Å². The predicted molar refractivity (Wildman–Crippen MR) is 121 cm³/mol. The number of nitrogens with zero attached hydrogens (tertiary/aromatic N) is 4. The van der Waals surface area contributed by atoms with Gasteiger partial charge in [0.15, 0.2) is 11.0 Å². The lowest BCUT2D eigenvalue weighted by Crippen LogP contribution is -2.37. The van der Waals surface area contributed by atoms with Crippen molar-refractivity contribution < 1.29 is 4.74 Å². The molecule has 0 radical (unpaired) electrons. The Labute approximate surface area is 184 Å². The van der Waals surface area contributed by atoms with Crippen molar-refractivity contribution in [1.82, 2.24) is 19.7 Å². The van der Waals surface area contributed by atoms with Crippen LogP contribution in [0.1, 0.15) is 5.56 Å². The molecule has 1 aromatic heterocycles. The zero-order valence-electron chi connectivity index (χ0n) is 16.3. The van der Waals surface area contributed by atoms with Crippen LogP contribution in [0.3, 0.4) is 0 Å². The molecule has 0 atom stereocenters. The first-order valence-corrected chi connectivity index (χ1v) is 11.7. The van der Waals surface area contributed by atoms with Gasteiger partial charge in [-0.05, 0) is 24.1 Å². The van der Waals surface area contributed by atoms with Crippen molar-refractivity contribution in [3.63, 3.8) is 0 Å². The van der Waals surface area contributed by atoms with Crippen LogP contribution in [0.5, 0.6) is 0 Å². The normalized spacial score (nSPS) is 14.9. The summed E-state index contributed by atoms with van der Waals surface area (Å²) in [6.45, 7) is 5.63. The SMILES string of the molecule is Brc1ccc(-c2nnc(SCCN3CCOCC3)n2CCc2ccccc2)cc1. The van der Waals surface area contributed by atoms with Gasteiger partial charge < -0.3 is 9.30 Å². The molecule has 0 N–H and O–H groups in total. The van der Waals surface area contributed by atoms with Crippen LogP contribution in [0.15, 0.2) is 64.2 Å². The zero-order chi connectivity index (χ0) is 19.9. The van der Waals surface area contributed by atoms with E-state index >= 15 is 0 Å². The third-order valence-electron chi connectivity index (χ3n) is 5.03. The minimum atomic E-state index is 0.839. The number of benzene rings is 2. The van der Waals surface area contributed by atoms with E-state index in [1.165, 1.54) is 5.56 Å². The lowest BCUT2D eigenvalue weighted by atomic mass is 10.1. The van der Waals surface area contributed by atoms with E-state index in [1.54, 1.807) is 11.8 Å². The molecule has 1 fully saturated rings. The third kappa shape index (κ3) is 5.69. The number of rotatable bonds is 8. The predicted octanol–water partition coefficient (Wildman–Crippen LogP) is 4.37. The Morgan fingerprint density at radius 1 is 0.931 bits per heavy atom. The Balaban J connectivity index is 1.49. The molecule has 0 aliphatic carbocycles. The van der Waals surface area contributed by atoms with Crippen molar-refractivity contribution in [3.8, 4) is 11.4 Å². The van der Waals surface area contributed by atoms with Gasteiger partial charge in [-0.3, -0.25) is 4.90 Å². The summed E-state index contributed by atoms with van der Waals surface area (Å²) in [7, 11) is 0. The minimum absolute atomic E-state index is 0.839. The van der Waals surface area contributed by atoms with Crippen LogP contribution in [0, 0.1) is 0 Å². The summed E-state index contributed by atoms with van der Waals surface area (Å²) in [5.41, 5.74) is 2.42. The van der Waals surface area contributed by atoms with E-state index in [4.69, 9.17) is 4.74 Å². The maximum absolute atomic E-state index is 5.44. The summed E-state index contributed by atoms with van der Waals surface area (Å²) in [6.07, 6.45) is 0.958. The minimum Gasteiger partial charge on any atom is -0.379 e. The van der Waals surface area contributed by atoms with Crippen LogP contribution < -0.4 is 0 Å². The first-order chi connectivity index (χ1) is 14.3. The number of morpholine rings is 1. The average Bonchev–Trinajstić information content (AvgIpc) is 3.17. The largest absolute Gasteiger partial charge is 0.379 e. The van der Waals surface area contributed by atoms with Gasteiger partial charge in [-0.15, -0.1) is 10.2 Å². The van der Waals surface area contributed by atoms with Crippen molar-refractivity contribution in [2.24, 2.45) is 0 Å². The quantitative estimate of drug-likeness (QED) is 0.455. The zero-order valence-corrected chi connectivity index (χ0v) is 18.7. The molecule has 3 aromatic rings. The number of hydrogen-bond donors (Lipinski definition) is 0. The van der Waals surface area contributed by atoms with Crippen LogP contribution in [0.25, 0.3) is 11.4 Å². The van der Waals surface area contributed by atoms with Crippen LogP contribution >= 0.6 is 27.7 Å². The lowest BCUT2D eigenvalue weighted by Gasteiger charge is -2.26. The highest BCUT2D eigenvalue weighted by molar-refractivity contribution is 9.10. The van der Waals surface area contributed by atoms with Gasteiger partial charge in [0.1, 0.15) is 0 Å². The molecule has 2 aromatic carbocycles. The second-order valence-corrected chi connectivity index (χ2v) is 8.98. The van der Waals surface area contributed by atoms with Gasteiger partial charge in [-0.2, -0.15) is 0 Å². The molecule has 1 aliphatic rings. The summed E-state index contributed by atoms with van der Waals surface area (Å²) < 4.78 is 8.77. The van der Waals surface area contributed by atoms with Crippen LogP contribution in [0.2, 0.25) is 0 Å². The molecule has 5 nitrogen and oxygen atoms in total. The van der Waals surface area contributed by atoms with E-state index in [0.29, 0.717) is 0 Å². The van der Waals surface area contributed by atoms with E-state index in [0.717, 1.165) is 72.6 Å². The summed E-state index contributed by atoms with van der Waals surface area (Å²) in [6, 6.07) is 18.9. The molecule has 0 bridgehead atoms. The second-order valence-electron chi connectivity index (χ2n) is 7.00. The highest BCUT2D eigenvalue weighted by Gasteiger charge is 2.16. The van der Waals surface area contributed by atoms with Crippen molar-refractivity contribution >= 4 is 27.7 Å². The molecule has 29 heavy (non-hydrogen) atoms. The van der Waals surface area contributed by atoms with Crippen LogP contribution in [-0.2, 0) is 17.7 Å². The molecule has 0 saturated carbocycles. The molecule has 152 valence electrons. The van der Waals surface area contributed by atoms with Crippen LogP contribution in [-0.4, -0.2) is 58.3 Å². The van der Waals surface area contributed by atoms with Gasteiger partial charge in [-0.1, -0.05) is 70.2 Å². The molecule has 1 aliphatic heterocycles. The molecule has 0 amide bonds. The number of thioether (sulfide) groups is 1. The Hall–Kier alpha value is -1.67. The van der Waals surface area contributed by atoms with Crippen LogP contribution in [0.4, 0.5) is 0 Å². The maximum atomic E-state index is 5.44. The average molecular weight is 473 g/mol. The molecular formula is C22H25BrN4OS. The second kappa shape index (κ2) is 10.4. The molecule has 0 spiro atoms. The van der Waals surface area contributed by atoms with E-state index < -0.39 is 0 Å². The Bertz CT molecular complexity index is 895. The molecule has 2 heterocycles. The first-order valence-electron chi connectivity index (χ1n) is 9.95. The van der Waals surface area contributed by atoms with Gasteiger partial charge in [0, 0.05) is 42.0 Å². The highest BCUT2D eigenvalue weighted by atomic mass is 79.9. The topological polar surface area (TPSA) is 43.2 Å². The fraction of sp³-hybridized carbons (Fsp3) is 0.364. The number of hydrogen-bond acceptors (Lipinski definition) is 5. The summed E-state index contributed by atoms with van der Waals surface area (Å²) in [4.78, 5) is 2.46. The lowest BCUT2D eigenvalue weighted by molar-refractivity contribution is 0.0410. The fourth-order valence-corrected chi connectivity index (χ4v) is 4.61. The summed E-state index contributed by atoms with van der Waals surface area (Å²) in [5, 5.41) is 10.1. The summed E-state index contributed by atoms with van der Waals surface area (Å²) in [5.74, 6) is 1.94. The van der Waals surface area contributed by atoms with Crippen molar-refractivity contribution in [2.45, 2.75) is 18.1 Å². The Morgan fingerprint density at radius 3 is 2.45 bits per heavy atom. The highest BCUT2D eigenvalue weighted by Crippen LogP contribution is 2.26. The molecular weight excluding hydrogens is 448 g/mol. The fourth-order valence-electron chi connectivity index (χ4n) is 3.39. The maximum Gasteiger partial charge on any atom is 0.191 e. The smallest absolute Gasteiger partial charge is 0.191 e. The first kappa shape index (κ1) is 20.6. The monoisotopic (exact) mass is 472 g/mol. The molecule has 0 unspecified atom stereocenters. The summed E-state index contributed by atoms with van der Waals surface area (Å²) >= 11 is 5.31. The van der Waals surface area contributed by atoms with E-state index in [1.807, 2.05) is 0 Å². The third-order valence-corrected chi connectivity index (χ3v) is 6.50. The van der Waals surface area contributed by atoms with Crippen molar-refractivity contribution in [3.05, 3.63) is 64.6 Å². The molecule has 7 heteroatoms. The number of aromatic nitrogens is 3. The number of ether oxygens (including phenoxy) is 1. The number of aryl methyl sites for hydroxylation is 1. The molecule has 4 rings (SSSR count). The van der Waals surface area contributed by atoms with Gasteiger partial charge >= 0.3 is 0 Å². The van der Waals surface area contributed by atoms with Gasteiger partial charge in [0.2, 0.25) is 0 Å². The van der Waals surface area contributed by atoms with Crippen molar-refractivity contribution in [2.75, 3.05) is 38.6 Å². The molecule has 1 saturated heterocycles. The van der Waals surface area contributed by atoms with Gasteiger partial charge in [-0.25, -0.2) is 0 Å². The van der Waals surface area contributed by atoms with Gasteiger partial charge in [0.25, 0.3) is 0 Å². The van der Waals surface area contributed by atoms with Crippen molar-refractivity contribution in [1.29, 1.82) is 0 Å². The van der Waals surface area contributed by atoms with Gasteiger partial charge in [0.05, 0.1) is 13.2 Å². The standard InChI is InChI=1S/C22H25BrN4OS/c23-20-8-6-19(7-9-20)21-24-25-22(29-17-14-26-12-15-28-16-13-26)27(21)11-10-18-4-2-1-3-5-18/h1-9H,10-17H2. The number of halogens is 1.